The zero-order valence-electron chi connectivity index (χ0n) is 26.2. The normalized spacial score (nSPS) is 26.5. The summed E-state index contributed by atoms with van der Waals surface area (Å²) in [5, 5.41) is 5.65. The van der Waals surface area contributed by atoms with Crippen molar-refractivity contribution in [3.8, 4) is 5.75 Å². The molecule has 1 aromatic heterocycles. The van der Waals surface area contributed by atoms with E-state index in [-0.39, 0.29) is 58.1 Å². The van der Waals surface area contributed by atoms with Crippen molar-refractivity contribution < 1.29 is 23.5 Å². The number of halogens is 1. The van der Waals surface area contributed by atoms with E-state index in [0.29, 0.717) is 17.1 Å². The Kier molecular flexibility index (Phi) is 7.07. The minimum Gasteiger partial charge on any atom is -0.497 e. The molecule has 0 radical (unpaired) electrons. The van der Waals surface area contributed by atoms with Crippen molar-refractivity contribution in [3.05, 3.63) is 117 Å². The molecule has 2 aliphatic carbocycles. The second-order valence-corrected chi connectivity index (χ2v) is 15.4. The second kappa shape index (κ2) is 11.4. The Labute approximate surface area is 288 Å². The first-order chi connectivity index (χ1) is 23.8. The van der Waals surface area contributed by atoms with Gasteiger partial charge in [0.05, 0.1) is 29.7 Å². The van der Waals surface area contributed by atoms with Crippen LogP contribution in [0.3, 0.4) is 0 Å². The monoisotopic (exact) mass is 691 g/mol. The number of benzene rings is 4. The summed E-state index contributed by atoms with van der Waals surface area (Å²) in [6.45, 7) is -0.149. The van der Waals surface area contributed by atoms with Gasteiger partial charge in [0.25, 0.3) is 0 Å². The summed E-state index contributed by atoms with van der Waals surface area (Å²) >= 11 is 2.74. The topological polar surface area (TPSA) is 97.7 Å². The number of methoxy groups -OCH3 is 1. The van der Waals surface area contributed by atoms with Crippen molar-refractivity contribution in [2.75, 3.05) is 17.3 Å². The molecular formula is C38H30FN3O5S2. The largest absolute Gasteiger partial charge is 0.497 e. The lowest BCUT2D eigenvalue weighted by atomic mass is 9.68. The van der Waals surface area contributed by atoms with E-state index in [0.717, 1.165) is 44.0 Å². The highest BCUT2D eigenvalue weighted by Crippen LogP contribution is 2.69. The van der Waals surface area contributed by atoms with Gasteiger partial charge < -0.3 is 10.1 Å². The standard InChI is InChI=1S/C38H30FN3O5S2/c1-47-23-15-9-20(10-16-23)29-30-25-17-26(32-31(25)35(44)42(36(32)45)22-13-11-21(39)12-14-22)33(30)48-37-34(29)49-38(46)41(37)18-28(43)40-27-8-4-6-19-5-2-3-7-24(19)27/h2-16,25-26,29-33H,17-18H2,1H3,(H,40,43). The number of thioether (sulfide) groups is 1. The van der Waals surface area contributed by atoms with Gasteiger partial charge in [-0.15, -0.1) is 11.8 Å². The number of hydrogen-bond donors (Lipinski definition) is 1. The van der Waals surface area contributed by atoms with E-state index in [2.05, 4.69) is 5.32 Å². The molecule has 4 aliphatic rings. The van der Waals surface area contributed by atoms with Crippen LogP contribution < -0.4 is 19.8 Å². The lowest BCUT2D eigenvalue weighted by molar-refractivity contribution is -0.123. The predicted molar refractivity (Wildman–Crippen MR) is 187 cm³/mol. The van der Waals surface area contributed by atoms with Crippen LogP contribution in [-0.2, 0) is 20.9 Å². The number of rotatable bonds is 6. The van der Waals surface area contributed by atoms with Gasteiger partial charge in [0.1, 0.15) is 18.1 Å². The summed E-state index contributed by atoms with van der Waals surface area (Å²) in [7, 11) is 1.61. The first kappa shape index (κ1) is 30.3. The molecule has 246 valence electrons. The van der Waals surface area contributed by atoms with E-state index in [1.165, 1.54) is 29.2 Å². The van der Waals surface area contributed by atoms with Crippen LogP contribution in [0.15, 0.2) is 101 Å². The molecule has 49 heavy (non-hydrogen) atoms. The molecule has 3 heterocycles. The number of anilines is 2. The molecule has 3 amide bonds. The molecule has 0 spiro atoms. The van der Waals surface area contributed by atoms with Crippen LogP contribution in [0.1, 0.15) is 22.8 Å². The van der Waals surface area contributed by atoms with Crippen molar-refractivity contribution in [2.45, 2.75) is 29.2 Å². The number of ether oxygens (including phenoxy) is 1. The molecule has 8 nitrogen and oxygen atoms in total. The number of imide groups is 1. The van der Waals surface area contributed by atoms with E-state index in [1.54, 1.807) is 23.4 Å². The van der Waals surface area contributed by atoms with Gasteiger partial charge >= 0.3 is 4.87 Å². The van der Waals surface area contributed by atoms with Crippen molar-refractivity contribution in [3.63, 3.8) is 0 Å². The molecule has 2 aliphatic heterocycles. The van der Waals surface area contributed by atoms with Crippen LogP contribution in [0.5, 0.6) is 5.75 Å². The minimum absolute atomic E-state index is 0.00178. The second-order valence-electron chi connectivity index (χ2n) is 13.2. The number of carbonyl (C=O) groups excluding carboxylic acids is 3. The van der Waals surface area contributed by atoms with E-state index >= 15 is 0 Å². The van der Waals surface area contributed by atoms with Gasteiger partial charge in [0, 0.05) is 27.1 Å². The molecule has 1 saturated heterocycles. The summed E-state index contributed by atoms with van der Waals surface area (Å²) in [5.41, 5.74) is 2.07. The van der Waals surface area contributed by atoms with Crippen LogP contribution in [0.2, 0.25) is 0 Å². The molecule has 2 saturated carbocycles. The molecule has 5 aromatic rings. The van der Waals surface area contributed by atoms with Crippen LogP contribution in [0, 0.1) is 35.4 Å². The van der Waals surface area contributed by atoms with E-state index in [1.807, 2.05) is 66.7 Å². The fourth-order valence-electron chi connectivity index (χ4n) is 8.95. The molecule has 11 heteroatoms. The third-order valence-corrected chi connectivity index (χ3v) is 13.7. The Bertz CT molecular complexity index is 2230. The summed E-state index contributed by atoms with van der Waals surface area (Å²) < 4.78 is 20.8. The lowest BCUT2D eigenvalue weighted by Gasteiger charge is -2.43. The Morgan fingerprint density at radius 3 is 2.37 bits per heavy atom. The highest BCUT2D eigenvalue weighted by molar-refractivity contribution is 8.00. The smallest absolute Gasteiger partial charge is 0.308 e. The highest BCUT2D eigenvalue weighted by atomic mass is 32.2. The van der Waals surface area contributed by atoms with Gasteiger partial charge in [-0.3, -0.25) is 28.6 Å². The predicted octanol–water partition coefficient (Wildman–Crippen LogP) is 6.53. The quantitative estimate of drug-likeness (QED) is 0.204. The average Bonchev–Trinajstić information content (AvgIpc) is 3.84. The van der Waals surface area contributed by atoms with Crippen LogP contribution in [0.25, 0.3) is 10.8 Å². The van der Waals surface area contributed by atoms with E-state index in [4.69, 9.17) is 4.74 Å². The van der Waals surface area contributed by atoms with Gasteiger partial charge in [-0.1, -0.05) is 59.9 Å². The number of amides is 3. The number of nitrogens with zero attached hydrogens (tertiary/aromatic N) is 2. The summed E-state index contributed by atoms with van der Waals surface area (Å²) in [6.07, 6.45) is 0.736. The van der Waals surface area contributed by atoms with Crippen LogP contribution >= 0.6 is 23.1 Å². The SMILES string of the molecule is COc1ccc(C2c3sc(=O)n(CC(=O)Nc4cccc5ccccc45)c3SC3C4CC(C5C(=O)N(c6ccc(F)cc6)C(=O)C45)C23)cc1. The third-order valence-electron chi connectivity index (χ3n) is 10.9. The Balaban J connectivity index is 1.09. The molecule has 3 fully saturated rings. The number of carbonyl (C=O) groups is 3. The maximum atomic E-state index is 14.0. The van der Waals surface area contributed by atoms with Gasteiger partial charge in [-0.05, 0) is 77.6 Å². The van der Waals surface area contributed by atoms with E-state index < -0.39 is 17.7 Å². The van der Waals surface area contributed by atoms with Crippen LogP contribution in [-0.4, -0.2) is 34.6 Å². The molecule has 2 bridgehead atoms. The number of hydrogen-bond acceptors (Lipinski definition) is 7. The summed E-state index contributed by atoms with van der Waals surface area (Å²) in [6, 6.07) is 26.9. The molecule has 7 atom stereocenters. The van der Waals surface area contributed by atoms with Gasteiger partial charge in [0.2, 0.25) is 17.7 Å². The summed E-state index contributed by atoms with van der Waals surface area (Å²) in [4.78, 5) is 57.2. The summed E-state index contributed by atoms with van der Waals surface area (Å²) in [5.74, 6) is -1.82. The van der Waals surface area contributed by atoms with E-state index in [9.17, 15) is 23.6 Å². The number of nitrogens with one attached hydrogen (secondary N) is 1. The Hall–Kier alpha value is -4.74. The molecule has 9 rings (SSSR count). The van der Waals surface area contributed by atoms with Crippen molar-refractivity contribution in [2.24, 2.45) is 29.6 Å². The van der Waals surface area contributed by atoms with Gasteiger partial charge in [-0.25, -0.2) is 4.39 Å². The first-order valence-electron chi connectivity index (χ1n) is 16.3. The lowest BCUT2D eigenvalue weighted by Crippen LogP contribution is -2.43. The molecular weight excluding hydrogens is 662 g/mol. The fourth-order valence-corrected chi connectivity index (χ4v) is 12.1. The van der Waals surface area contributed by atoms with Gasteiger partial charge in [-0.2, -0.15) is 0 Å². The van der Waals surface area contributed by atoms with Crippen LogP contribution in [0.4, 0.5) is 15.8 Å². The first-order valence-corrected chi connectivity index (χ1v) is 18.0. The van der Waals surface area contributed by atoms with Crippen molar-refractivity contribution in [1.82, 2.24) is 4.57 Å². The highest BCUT2D eigenvalue weighted by Gasteiger charge is 2.69. The zero-order chi connectivity index (χ0) is 33.6. The number of thiazole rings is 1. The Morgan fingerprint density at radius 2 is 1.61 bits per heavy atom. The third kappa shape index (κ3) is 4.62. The number of aromatic nitrogens is 1. The molecule has 1 N–H and O–H groups in total. The number of fused-ring (bicyclic) bond motifs is 10. The van der Waals surface area contributed by atoms with Gasteiger partial charge in [0.15, 0.2) is 0 Å². The Morgan fingerprint density at radius 1 is 0.898 bits per heavy atom. The maximum absolute atomic E-state index is 14.0. The minimum atomic E-state index is -0.483. The average molecular weight is 692 g/mol. The molecule has 4 aromatic carbocycles. The maximum Gasteiger partial charge on any atom is 0.308 e. The fraction of sp³-hybridized carbons (Fsp3) is 0.263. The molecule has 7 unspecified atom stereocenters. The van der Waals surface area contributed by atoms with Crippen molar-refractivity contribution >= 4 is 63.0 Å². The zero-order valence-corrected chi connectivity index (χ0v) is 27.9. The van der Waals surface area contributed by atoms with Crippen molar-refractivity contribution in [1.29, 1.82) is 0 Å².